The maximum Gasteiger partial charge on any atom is 0.229 e. The predicted molar refractivity (Wildman–Crippen MR) is 73.8 cm³/mol. The van der Waals surface area contributed by atoms with E-state index in [4.69, 9.17) is 5.73 Å². The van der Waals surface area contributed by atoms with Gasteiger partial charge < -0.3 is 10.6 Å². The summed E-state index contributed by atoms with van der Waals surface area (Å²) in [5.74, 6) is 0.707. The Bertz CT molecular complexity index is 490. The Labute approximate surface area is 107 Å². The number of nitrogens with two attached hydrogens (primary N) is 1. The Balaban J connectivity index is 2.29. The first kappa shape index (κ1) is 12.5. The van der Waals surface area contributed by atoms with E-state index >= 15 is 0 Å². The van der Waals surface area contributed by atoms with E-state index in [1.807, 2.05) is 0 Å². The molecule has 18 heavy (non-hydrogen) atoms. The summed E-state index contributed by atoms with van der Waals surface area (Å²) < 4.78 is 0. The van der Waals surface area contributed by atoms with Crippen molar-refractivity contribution in [3.63, 3.8) is 0 Å². The van der Waals surface area contributed by atoms with Gasteiger partial charge in [-0.1, -0.05) is 17.7 Å². The molecule has 0 aliphatic heterocycles. The highest BCUT2D eigenvalue weighted by atomic mass is 15.2. The van der Waals surface area contributed by atoms with Crippen molar-refractivity contribution in [2.45, 2.75) is 20.4 Å². The zero-order chi connectivity index (χ0) is 13.0. The van der Waals surface area contributed by atoms with Crippen molar-refractivity contribution in [3.8, 4) is 0 Å². The van der Waals surface area contributed by atoms with Gasteiger partial charge in [-0.25, -0.2) is 9.97 Å². The van der Waals surface area contributed by atoms with Crippen LogP contribution in [0.5, 0.6) is 0 Å². The monoisotopic (exact) mass is 242 g/mol. The average molecular weight is 242 g/mol. The summed E-state index contributed by atoms with van der Waals surface area (Å²) in [7, 11) is 0. The quantitative estimate of drug-likeness (QED) is 0.894. The number of hydrogen-bond acceptors (Lipinski definition) is 4. The highest BCUT2D eigenvalue weighted by Crippen LogP contribution is 2.21. The van der Waals surface area contributed by atoms with Crippen LogP contribution in [-0.2, 0) is 6.54 Å². The highest BCUT2D eigenvalue weighted by molar-refractivity contribution is 5.57. The number of aromatic nitrogens is 2. The molecule has 0 aliphatic carbocycles. The van der Waals surface area contributed by atoms with Gasteiger partial charge in [0.25, 0.3) is 0 Å². The van der Waals surface area contributed by atoms with Crippen molar-refractivity contribution in [2.24, 2.45) is 5.73 Å². The maximum absolute atomic E-state index is 5.54. The Hall–Kier alpha value is -1.94. The second-order valence-corrected chi connectivity index (χ2v) is 4.18. The molecule has 94 valence electrons. The van der Waals surface area contributed by atoms with Crippen molar-refractivity contribution in [1.29, 1.82) is 0 Å². The summed E-state index contributed by atoms with van der Waals surface area (Å²) >= 11 is 0. The fourth-order valence-electron chi connectivity index (χ4n) is 1.76. The molecule has 1 aromatic heterocycles. The van der Waals surface area contributed by atoms with Crippen LogP contribution < -0.4 is 10.6 Å². The summed E-state index contributed by atoms with van der Waals surface area (Å²) in [5.41, 5.74) is 8.83. The van der Waals surface area contributed by atoms with Gasteiger partial charge in [0.15, 0.2) is 0 Å². The van der Waals surface area contributed by atoms with Crippen molar-refractivity contribution in [1.82, 2.24) is 9.97 Å². The summed E-state index contributed by atoms with van der Waals surface area (Å²) in [6, 6.07) is 8.34. The lowest BCUT2D eigenvalue weighted by Crippen LogP contribution is -2.19. The molecule has 0 atom stereocenters. The van der Waals surface area contributed by atoms with Crippen LogP contribution >= 0.6 is 0 Å². The van der Waals surface area contributed by atoms with Gasteiger partial charge in [0.2, 0.25) is 5.95 Å². The molecule has 0 radical (unpaired) electrons. The summed E-state index contributed by atoms with van der Waals surface area (Å²) in [4.78, 5) is 10.8. The molecule has 0 bridgehead atoms. The molecule has 1 heterocycles. The molecule has 2 aromatic rings. The fourth-order valence-corrected chi connectivity index (χ4v) is 1.76. The van der Waals surface area contributed by atoms with Crippen LogP contribution in [0.4, 0.5) is 11.6 Å². The van der Waals surface area contributed by atoms with Crippen LogP contribution in [0.25, 0.3) is 0 Å². The van der Waals surface area contributed by atoms with Gasteiger partial charge in [-0.15, -0.1) is 0 Å². The maximum atomic E-state index is 5.54. The van der Waals surface area contributed by atoms with Gasteiger partial charge in [-0.2, -0.15) is 0 Å². The molecule has 0 amide bonds. The van der Waals surface area contributed by atoms with Crippen LogP contribution in [0.1, 0.15) is 18.1 Å². The molecule has 0 aliphatic rings. The number of anilines is 2. The summed E-state index contributed by atoms with van der Waals surface area (Å²) in [6.45, 7) is 5.45. The minimum absolute atomic E-state index is 0.469. The molecule has 2 N–H and O–H groups in total. The lowest BCUT2D eigenvalue weighted by atomic mass is 10.2. The number of rotatable bonds is 4. The van der Waals surface area contributed by atoms with Crippen LogP contribution in [-0.4, -0.2) is 16.5 Å². The first-order valence-electron chi connectivity index (χ1n) is 6.09. The molecule has 4 heteroatoms. The molecule has 2 rings (SSSR count). The Morgan fingerprint density at radius 2 is 1.72 bits per heavy atom. The van der Waals surface area contributed by atoms with E-state index in [0.29, 0.717) is 12.5 Å². The van der Waals surface area contributed by atoms with E-state index in [1.165, 1.54) is 5.56 Å². The fraction of sp³-hybridized carbons (Fsp3) is 0.286. The van der Waals surface area contributed by atoms with Gasteiger partial charge in [-0.05, 0) is 26.0 Å². The average Bonchev–Trinajstić information content (AvgIpc) is 2.42. The Kier molecular flexibility index (Phi) is 3.89. The second kappa shape index (κ2) is 5.60. The molecule has 0 fully saturated rings. The summed E-state index contributed by atoms with van der Waals surface area (Å²) in [5, 5.41) is 0. The molecule has 0 spiro atoms. The van der Waals surface area contributed by atoms with Crippen LogP contribution in [0, 0.1) is 6.92 Å². The van der Waals surface area contributed by atoms with E-state index in [-0.39, 0.29) is 0 Å². The van der Waals surface area contributed by atoms with E-state index < -0.39 is 0 Å². The number of hydrogen-bond donors (Lipinski definition) is 1. The SMILES string of the molecule is CCN(c1ccc(C)cc1)c1ncc(CN)cn1. The number of nitrogens with zero attached hydrogens (tertiary/aromatic N) is 3. The predicted octanol–water partition coefficient (Wildman–Crippen LogP) is 2.40. The van der Waals surface area contributed by atoms with Crippen molar-refractivity contribution < 1.29 is 0 Å². The topological polar surface area (TPSA) is 55.0 Å². The van der Waals surface area contributed by atoms with E-state index in [0.717, 1.165) is 17.8 Å². The van der Waals surface area contributed by atoms with Gasteiger partial charge in [0.05, 0.1) is 0 Å². The highest BCUT2D eigenvalue weighted by Gasteiger charge is 2.09. The minimum Gasteiger partial charge on any atom is -0.326 e. The van der Waals surface area contributed by atoms with Crippen LogP contribution in [0.2, 0.25) is 0 Å². The largest absolute Gasteiger partial charge is 0.326 e. The van der Waals surface area contributed by atoms with Crippen molar-refractivity contribution in [2.75, 3.05) is 11.4 Å². The number of benzene rings is 1. The van der Waals surface area contributed by atoms with Crippen LogP contribution in [0.15, 0.2) is 36.7 Å². The first-order valence-corrected chi connectivity index (χ1v) is 6.09. The zero-order valence-corrected chi connectivity index (χ0v) is 10.8. The van der Waals surface area contributed by atoms with E-state index in [9.17, 15) is 0 Å². The van der Waals surface area contributed by atoms with Crippen molar-refractivity contribution >= 4 is 11.6 Å². The molecule has 0 saturated carbocycles. The molecule has 4 nitrogen and oxygen atoms in total. The van der Waals surface area contributed by atoms with Gasteiger partial charge in [0, 0.05) is 36.7 Å². The zero-order valence-electron chi connectivity index (χ0n) is 10.8. The lowest BCUT2D eigenvalue weighted by Gasteiger charge is -2.21. The van der Waals surface area contributed by atoms with Crippen LogP contribution in [0.3, 0.4) is 0 Å². The molecular weight excluding hydrogens is 224 g/mol. The van der Waals surface area contributed by atoms with Gasteiger partial charge >= 0.3 is 0 Å². The standard InChI is InChI=1S/C14H18N4/c1-3-18(13-6-4-11(2)5-7-13)14-16-9-12(8-15)10-17-14/h4-7,9-10H,3,8,15H2,1-2H3. The first-order chi connectivity index (χ1) is 8.74. The molecular formula is C14H18N4. The third-order valence-electron chi connectivity index (χ3n) is 2.83. The molecule has 1 aromatic carbocycles. The van der Waals surface area contributed by atoms with E-state index in [2.05, 4.69) is 53.0 Å². The van der Waals surface area contributed by atoms with E-state index in [1.54, 1.807) is 12.4 Å². The third kappa shape index (κ3) is 2.65. The molecule has 0 saturated heterocycles. The van der Waals surface area contributed by atoms with Gasteiger partial charge in [-0.3, -0.25) is 0 Å². The Morgan fingerprint density at radius 1 is 1.11 bits per heavy atom. The second-order valence-electron chi connectivity index (χ2n) is 4.18. The van der Waals surface area contributed by atoms with Crippen molar-refractivity contribution in [3.05, 3.63) is 47.8 Å². The van der Waals surface area contributed by atoms with Gasteiger partial charge in [0.1, 0.15) is 0 Å². The number of aryl methyl sites for hydroxylation is 1. The normalized spacial score (nSPS) is 10.4. The minimum atomic E-state index is 0.469. The lowest BCUT2D eigenvalue weighted by molar-refractivity contribution is 0.924. The smallest absolute Gasteiger partial charge is 0.229 e. The summed E-state index contributed by atoms with van der Waals surface area (Å²) in [6.07, 6.45) is 3.55. The third-order valence-corrected chi connectivity index (χ3v) is 2.83. The Morgan fingerprint density at radius 3 is 2.22 bits per heavy atom. The molecule has 0 unspecified atom stereocenters.